The van der Waals surface area contributed by atoms with Gasteiger partial charge in [-0.2, -0.15) is 0 Å². The summed E-state index contributed by atoms with van der Waals surface area (Å²) >= 11 is 0. The van der Waals surface area contributed by atoms with Gasteiger partial charge in [-0.15, -0.1) is 0 Å². The summed E-state index contributed by atoms with van der Waals surface area (Å²) in [5.41, 5.74) is 3.40. The maximum absolute atomic E-state index is 11.6. The molecule has 0 aromatic heterocycles. The van der Waals surface area contributed by atoms with Gasteiger partial charge in [-0.1, -0.05) is 24.3 Å². The number of hydrogen-bond donors (Lipinski definition) is 3. The van der Waals surface area contributed by atoms with Gasteiger partial charge in [-0.05, 0) is 30.5 Å². The molecule has 0 spiro atoms. The Balaban J connectivity index is 2.25. The SMILES string of the molecule is COc1cccc(N(N)C(=O)NN)c1OCC1=CCCC=C1. The largest absolute Gasteiger partial charge is 0.493 e. The van der Waals surface area contributed by atoms with Crippen LogP contribution in [0.2, 0.25) is 0 Å². The number of para-hydroxylation sites is 1. The second-order valence-corrected chi connectivity index (χ2v) is 4.68. The van der Waals surface area contributed by atoms with Gasteiger partial charge in [-0.25, -0.2) is 21.5 Å². The van der Waals surface area contributed by atoms with Crippen LogP contribution < -0.4 is 31.6 Å². The predicted molar refractivity (Wildman–Crippen MR) is 84.3 cm³/mol. The minimum Gasteiger partial charge on any atom is -0.493 e. The van der Waals surface area contributed by atoms with Gasteiger partial charge < -0.3 is 9.47 Å². The molecule has 2 rings (SSSR count). The number of carbonyl (C=O) groups is 1. The van der Waals surface area contributed by atoms with Crippen LogP contribution in [0.1, 0.15) is 12.8 Å². The van der Waals surface area contributed by atoms with Crippen molar-refractivity contribution in [1.82, 2.24) is 5.43 Å². The van der Waals surface area contributed by atoms with Gasteiger partial charge in [0, 0.05) is 0 Å². The molecule has 7 heteroatoms. The molecule has 5 N–H and O–H groups in total. The number of amides is 2. The Hall–Kier alpha value is -2.51. The average molecular weight is 304 g/mol. The third kappa shape index (κ3) is 3.57. The molecule has 118 valence electrons. The van der Waals surface area contributed by atoms with Crippen molar-refractivity contribution in [3.05, 3.63) is 42.0 Å². The lowest BCUT2D eigenvalue weighted by Gasteiger charge is -2.21. The van der Waals surface area contributed by atoms with Crippen LogP contribution in [0.25, 0.3) is 0 Å². The summed E-state index contributed by atoms with van der Waals surface area (Å²) in [6.07, 6.45) is 8.26. The van der Waals surface area contributed by atoms with Crippen LogP contribution in [0, 0.1) is 0 Å². The van der Waals surface area contributed by atoms with Crippen LogP contribution >= 0.6 is 0 Å². The van der Waals surface area contributed by atoms with Gasteiger partial charge >= 0.3 is 6.03 Å². The Bertz CT molecular complexity index is 598. The molecule has 0 bridgehead atoms. The standard InChI is InChI=1S/C15H20N4O3/c1-21-13-9-5-8-12(19(17)15(20)18-16)14(13)22-10-11-6-3-2-4-7-11/h3,5-9H,2,4,10,16-17H2,1H3,(H,18,20). The molecule has 0 heterocycles. The highest BCUT2D eigenvalue weighted by molar-refractivity contribution is 5.92. The average Bonchev–Trinajstić information content (AvgIpc) is 2.59. The van der Waals surface area contributed by atoms with E-state index in [4.69, 9.17) is 21.2 Å². The molecule has 7 nitrogen and oxygen atoms in total. The highest BCUT2D eigenvalue weighted by Crippen LogP contribution is 2.37. The molecule has 1 aliphatic rings. The first-order valence-electron chi connectivity index (χ1n) is 6.88. The van der Waals surface area contributed by atoms with Crippen LogP contribution in [0.5, 0.6) is 11.5 Å². The maximum Gasteiger partial charge on any atom is 0.350 e. The number of rotatable bonds is 5. The number of allylic oxidation sites excluding steroid dienone is 2. The fourth-order valence-electron chi connectivity index (χ4n) is 2.11. The normalized spacial score (nSPS) is 13.3. The summed E-state index contributed by atoms with van der Waals surface area (Å²) in [5, 5.41) is 0.878. The van der Waals surface area contributed by atoms with Crippen molar-refractivity contribution >= 4 is 11.7 Å². The second kappa shape index (κ2) is 7.48. The molecule has 1 aromatic carbocycles. The molecule has 0 unspecified atom stereocenters. The quantitative estimate of drug-likeness (QED) is 0.436. The first kappa shape index (κ1) is 15.9. The van der Waals surface area contributed by atoms with E-state index in [1.54, 1.807) is 18.2 Å². The number of carbonyl (C=O) groups excluding carboxylic acids is 1. The molecule has 2 amide bonds. The van der Waals surface area contributed by atoms with Crippen LogP contribution in [0.15, 0.2) is 42.0 Å². The van der Waals surface area contributed by atoms with E-state index in [-0.39, 0.29) is 0 Å². The Labute approximate surface area is 129 Å². The fraction of sp³-hybridized carbons (Fsp3) is 0.267. The van der Waals surface area contributed by atoms with E-state index < -0.39 is 6.03 Å². The zero-order chi connectivity index (χ0) is 15.9. The monoisotopic (exact) mass is 304 g/mol. The van der Waals surface area contributed by atoms with Gasteiger partial charge in [-0.3, -0.25) is 5.43 Å². The van der Waals surface area contributed by atoms with Gasteiger partial charge in [0.15, 0.2) is 11.5 Å². The summed E-state index contributed by atoms with van der Waals surface area (Å²) in [6, 6.07) is 4.44. The highest BCUT2D eigenvalue weighted by atomic mass is 16.5. The van der Waals surface area contributed by atoms with Crippen molar-refractivity contribution in [2.75, 3.05) is 18.7 Å². The van der Waals surface area contributed by atoms with Crippen molar-refractivity contribution in [3.8, 4) is 11.5 Å². The van der Waals surface area contributed by atoms with Crippen molar-refractivity contribution in [3.63, 3.8) is 0 Å². The van der Waals surface area contributed by atoms with Crippen molar-refractivity contribution in [2.45, 2.75) is 12.8 Å². The molecule has 1 aromatic rings. The van der Waals surface area contributed by atoms with E-state index >= 15 is 0 Å². The van der Waals surface area contributed by atoms with Crippen molar-refractivity contribution < 1.29 is 14.3 Å². The van der Waals surface area contributed by atoms with Crippen LogP contribution in [0.3, 0.4) is 0 Å². The smallest absolute Gasteiger partial charge is 0.350 e. The maximum atomic E-state index is 11.6. The molecule has 0 saturated carbocycles. The minimum absolute atomic E-state index is 0.363. The zero-order valence-electron chi connectivity index (χ0n) is 12.4. The number of ether oxygens (including phenoxy) is 2. The van der Waals surface area contributed by atoms with Gasteiger partial charge in [0.05, 0.1) is 7.11 Å². The summed E-state index contributed by atoms with van der Waals surface area (Å²) < 4.78 is 11.1. The van der Waals surface area contributed by atoms with E-state index in [1.165, 1.54) is 7.11 Å². The van der Waals surface area contributed by atoms with Crippen LogP contribution in [0.4, 0.5) is 10.5 Å². The Kier molecular flexibility index (Phi) is 5.40. The van der Waals surface area contributed by atoms with E-state index in [9.17, 15) is 4.79 Å². The van der Waals surface area contributed by atoms with Crippen molar-refractivity contribution in [2.24, 2.45) is 11.7 Å². The number of urea groups is 1. The molecule has 0 aliphatic heterocycles. The summed E-state index contributed by atoms with van der Waals surface area (Å²) in [7, 11) is 1.52. The number of anilines is 1. The first-order chi connectivity index (χ1) is 10.7. The van der Waals surface area contributed by atoms with Crippen LogP contribution in [-0.2, 0) is 0 Å². The molecule has 1 aliphatic carbocycles. The molecular formula is C15H20N4O3. The summed E-state index contributed by atoms with van der Waals surface area (Å²) in [4.78, 5) is 11.6. The Morgan fingerprint density at radius 2 is 2.23 bits per heavy atom. The number of nitrogens with zero attached hydrogens (tertiary/aromatic N) is 1. The van der Waals surface area contributed by atoms with Gasteiger partial charge in [0.2, 0.25) is 0 Å². The third-order valence-electron chi connectivity index (χ3n) is 3.23. The summed E-state index contributed by atoms with van der Waals surface area (Å²) in [5.74, 6) is 11.7. The molecular weight excluding hydrogens is 284 g/mol. The predicted octanol–water partition coefficient (Wildman–Crippen LogP) is 1.61. The van der Waals surface area contributed by atoms with E-state index in [0.29, 0.717) is 23.8 Å². The number of methoxy groups -OCH3 is 1. The van der Waals surface area contributed by atoms with Gasteiger partial charge in [0.25, 0.3) is 0 Å². The number of hydrogen-bond acceptors (Lipinski definition) is 5. The van der Waals surface area contributed by atoms with Crippen molar-refractivity contribution in [1.29, 1.82) is 0 Å². The number of nitrogens with two attached hydrogens (primary N) is 2. The number of benzene rings is 1. The lowest BCUT2D eigenvalue weighted by molar-refractivity contribution is 0.246. The lowest BCUT2D eigenvalue weighted by atomic mass is 10.1. The molecule has 0 saturated heterocycles. The van der Waals surface area contributed by atoms with E-state index in [2.05, 4.69) is 12.2 Å². The number of hydrazine groups is 2. The van der Waals surface area contributed by atoms with Gasteiger partial charge in [0.1, 0.15) is 12.3 Å². The Morgan fingerprint density at radius 1 is 1.41 bits per heavy atom. The minimum atomic E-state index is -0.658. The molecule has 22 heavy (non-hydrogen) atoms. The lowest BCUT2D eigenvalue weighted by Crippen LogP contribution is -2.47. The third-order valence-corrected chi connectivity index (χ3v) is 3.23. The molecule has 0 atom stereocenters. The molecule has 0 fully saturated rings. The second-order valence-electron chi connectivity index (χ2n) is 4.68. The number of nitrogens with one attached hydrogen (secondary N) is 1. The van der Waals surface area contributed by atoms with Crippen LogP contribution in [-0.4, -0.2) is 19.7 Å². The first-order valence-corrected chi connectivity index (χ1v) is 6.88. The van der Waals surface area contributed by atoms with E-state index in [1.807, 2.05) is 11.5 Å². The summed E-state index contributed by atoms with van der Waals surface area (Å²) in [6.45, 7) is 0.363. The highest BCUT2D eigenvalue weighted by Gasteiger charge is 2.19. The topological polar surface area (TPSA) is 103 Å². The molecule has 0 radical (unpaired) electrons. The Morgan fingerprint density at radius 3 is 2.86 bits per heavy atom. The van der Waals surface area contributed by atoms with E-state index in [0.717, 1.165) is 23.4 Å². The fourth-order valence-corrected chi connectivity index (χ4v) is 2.11. The zero-order valence-corrected chi connectivity index (χ0v) is 12.4.